The number of fused-ring (bicyclic) bond motifs is 1. The number of likely N-dealkylation sites (tertiary alicyclic amines) is 1. The third-order valence-electron chi connectivity index (χ3n) is 5.10. The van der Waals surface area contributed by atoms with Crippen molar-refractivity contribution in [1.29, 1.82) is 0 Å². The van der Waals surface area contributed by atoms with Gasteiger partial charge in [0.15, 0.2) is 0 Å². The average molecular weight is 362 g/mol. The van der Waals surface area contributed by atoms with Crippen LogP contribution in [-0.4, -0.2) is 35.4 Å². The Kier molecular flexibility index (Phi) is 4.44. The van der Waals surface area contributed by atoms with Crippen molar-refractivity contribution in [2.24, 2.45) is 0 Å². The van der Waals surface area contributed by atoms with Crippen molar-refractivity contribution in [2.75, 3.05) is 11.9 Å². The van der Waals surface area contributed by atoms with Gasteiger partial charge in [-0.1, -0.05) is 35.9 Å². The molecule has 2 atom stereocenters. The lowest BCUT2D eigenvalue weighted by Crippen LogP contribution is -2.57. The normalized spacial score (nSPS) is 19.3. The first-order valence-electron chi connectivity index (χ1n) is 9.17. The van der Waals surface area contributed by atoms with E-state index in [2.05, 4.69) is 5.32 Å². The molecule has 1 saturated heterocycles. The van der Waals surface area contributed by atoms with E-state index in [-0.39, 0.29) is 17.9 Å². The number of carbonyl (C=O) groups is 2. The summed E-state index contributed by atoms with van der Waals surface area (Å²) in [5.41, 5.74) is 3.56. The van der Waals surface area contributed by atoms with Crippen molar-refractivity contribution in [3.05, 3.63) is 65.2 Å². The summed E-state index contributed by atoms with van der Waals surface area (Å²) in [6.45, 7) is 4.49. The Morgan fingerprint density at radius 1 is 1.19 bits per heavy atom. The summed E-state index contributed by atoms with van der Waals surface area (Å²) in [6, 6.07) is 14.7. The molecule has 138 valence electrons. The lowest BCUT2D eigenvalue weighted by atomic mass is 9.92. The van der Waals surface area contributed by atoms with Gasteiger partial charge in [0.1, 0.15) is 17.9 Å². The molecule has 0 aromatic heterocycles. The maximum Gasteiger partial charge on any atom is 0.251 e. The molecular weight excluding hydrogens is 340 g/mol. The zero-order valence-corrected chi connectivity index (χ0v) is 15.4. The second kappa shape index (κ2) is 6.91. The van der Waals surface area contributed by atoms with Crippen molar-refractivity contribution in [1.82, 2.24) is 4.90 Å². The third kappa shape index (κ3) is 3.33. The predicted molar refractivity (Wildman–Crippen MR) is 104 cm³/mol. The van der Waals surface area contributed by atoms with Gasteiger partial charge in [-0.05, 0) is 38.1 Å². The van der Waals surface area contributed by atoms with Crippen LogP contribution >= 0.6 is 0 Å². The number of rotatable bonds is 4. The van der Waals surface area contributed by atoms with E-state index in [1.54, 1.807) is 4.90 Å². The summed E-state index contributed by atoms with van der Waals surface area (Å²) in [7, 11) is 0. The lowest BCUT2D eigenvalue weighted by molar-refractivity contribution is -0.146. The molecule has 4 rings (SSSR count). The van der Waals surface area contributed by atoms with E-state index < -0.39 is 6.04 Å². The fourth-order valence-corrected chi connectivity index (χ4v) is 3.49. The van der Waals surface area contributed by atoms with Gasteiger partial charge in [-0.2, -0.15) is 0 Å². The molecule has 0 bridgehead atoms. The van der Waals surface area contributed by atoms with Gasteiger partial charge in [-0.25, -0.2) is 0 Å². The van der Waals surface area contributed by atoms with E-state index in [1.807, 2.05) is 68.5 Å². The molecule has 0 spiro atoms. The minimum atomic E-state index is -0.670. The second-order valence-electron chi connectivity index (χ2n) is 7.04. The number of β-lactam (4-membered cyclic amide) rings is 1. The molecule has 2 aliphatic heterocycles. The highest BCUT2D eigenvalue weighted by Gasteiger charge is 2.41. The van der Waals surface area contributed by atoms with Crippen LogP contribution in [0.2, 0.25) is 0 Å². The number of amides is 2. The molecule has 2 aromatic carbocycles. The predicted octanol–water partition coefficient (Wildman–Crippen LogP) is 3.40. The monoisotopic (exact) mass is 362 g/mol. The zero-order chi connectivity index (χ0) is 19.0. The summed E-state index contributed by atoms with van der Waals surface area (Å²) in [5, 5.41) is 2.95. The number of carbonyl (C=O) groups excluding carboxylic acids is 2. The first-order chi connectivity index (χ1) is 13.0. The molecule has 2 aliphatic rings. The van der Waals surface area contributed by atoms with Gasteiger partial charge in [0.2, 0.25) is 5.91 Å². The minimum Gasteiger partial charge on any atom is -0.486 e. The van der Waals surface area contributed by atoms with Gasteiger partial charge >= 0.3 is 0 Å². The Hall–Kier alpha value is -3.08. The van der Waals surface area contributed by atoms with E-state index >= 15 is 0 Å². The average Bonchev–Trinajstić information content (AvgIpc) is 2.66. The number of anilines is 1. The van der Waals surface area contributed by atoms with Crippen LogP contribution in [0.3, 0.4) is 0 Å². The number of hydrogen-bond acceptors (Lipinski definition) is 3. The van der Waals surface area contributed by atoms with Crippen LogP contribution in [0.1, 0.15) is 24.5 Å². The number of para-hydroxylation sites is 1. The molecule has 27 heavy (non-hydrogen) atoms. The lowest BCUT2D eigenvalue weighted by Gasteiger charge is -2.40. The van der Waals surface area contributed by atoms with Crippen molar-refractivity contribution < 1.29 is 14.3 Å². The maximum absolute atomic E-state index is 13.1. The molecule has 1 fully saturated rings. The van der Waals surface area contributed by atoms with Crippen LogP contribution in [0.4, 0.5) is 5.69 Å². The van der Waals surface area contributed by atoms with Gasteiger partial charge in [-0.3, -0.25) is 9.59 Å². The summed E-state index contributed by atoms with van der Waals surface area (Å²) in [6.07, 6.45) is 2.17. The van der Waals surface area contributed by atoms with E-state index in [0.717, 1.165) is 22.4 Å². The first-order valence-corrected chi connectivity index (χ1v) is 9.17. The molecular formula is C22H22N2O3. The Morgan fingerprint density at radius 2 is 1.93 bits per heavy atom. The highest BCUT2D eigenvalue weighted by molar-refractivity contribution is 6.01. The van der Waals surface area contributed by atoms with Crippen LogP contribution in [-0.2, 0) is 9.59 Å². The number of ether oxygens (including phenoxy) is 1. The summed E-state index contributed by atoms with van der Waals surface area (Å²) >= 11 is 0. The molecule has 0 saturated carbocycles. The van der Waals surface area contributed by atoms with Crippen LogP contribution in [0, 0.1) is 6.92 Å². The molecule has 2 unspecified atom stereocenters. The second-order valence-corrected chi connectivity index (χ2v) is 7.04. The van der Waals surface area contributed by atoms with Crippen molar-refractivity contribution >= 4 is 23.6 Å². The summed E-state index contributed by atoms with van der Waals surface area (Å²) in [4.78, 5) is 26.9. The molecule has 2 heterocycles. The fraction of sp³-hybridized carbons (Fsp3) is 0.273. The van der Waals surface area contributed by atoms with Crippen molar-refractivity contribution in [3.63, 3.8) is 0 Å². The molecule has 0 aliphatic carbocycles. The topological polar surface area (TPSA) is 58.6 Å². The largest absolute Gasteiger partial charge is 0.486 e. The van der Waals surface area contributed by atoms with Crippen LogP contribution in [0.5, 0.6) is 5.75 Å². The SMILES string of the molecule is Cc1ccc(NC(=O)C(C2=Cc3ccccc3OC2C)N2CCC2=O)cc1. The Balaban J connectivity index is 1.67. The number of nitrogens with zero attached hydrogens (tertiary/aromatic N) is 1. The molecule has 0 radical (unpaired) electrons. The van der Waals surface area contributed by atoms with Gasteiger partial charge in [-0.15, -0.1) is 0 Å². The molecule has 2 aromatic rings. The maximum atomic E-state index is 13.1. The highest BCUT2D eigenvalue weighted by atomic mass is 16.5. The van der Waals surface area contributed by atoms with Gasteiger partial charge < -0.3 is 15.0 Å². The molecule has 1 N–H and O–H groups in total. The van der Waals surface area contributed by atoms with E-state index in [0.29, 0.717) is 18.7 Å². The number of benzene rings is 2. The van der Waals surface area contributed by atoms with Crippen LogP contribution in [0.15, 0.2) is 54.1 Å². The summed E-state index contributed by atoms with van der Waals surface area (Å²) < 4.78 is 6.01. The molecule has 5 nitrogen and oxygen atoms in total. The standard InChI is InChI=1S/C22H22N2O3/c1-14-7-9-17(10-8-14)23-22(26)21(24-12-11-20(24)25)18-13-16-5-3-4-6-19(16)27-15(18)2/h3-10,13,15,21H,11-12H2,1-2H3,(H,23,26). The van der Waals surface area contributed by atoms with Crippen molar-refractivity contribution in [2.45, 2.75) is 32.4 Å². The Labute approximate surface area is 158 Å². The number of hydrogen-bond donors (Lipinski definition) is 1. The van der Waals surface area contributed by atoms with E-state index in [9.17, 15) is 9.59 Å². The van der Waals surface area contributed by atoms with Crippen LogP contribution in [0.25, 0.3) is 6.08 Å². The zero-order valence-electron chi connectivity index (χ0n) is 15.4. The van der Waals surface area contributed by atoms with Gasteiger partial charge in [0.25, 0.3) is 5.91 Å². The van der Waals surface area contributed by atoms with Gasteiger partial charge in [0, 0.05) is 29.8 Å². The Morgan fingerprint density at radius 3 is 2.59 bits per heavy atom. The van der Waals surface area contributed by atoms with E-state index in [1.165, 1.54) is 0 Å². The highest BCUT2D eigenvalue weighted by Crippen LogP contribution is 2.34. The van der Waals surface area contributed by atoms with E-state index in [4.69, 9.17) is 4.74 Å². The van der Waals surface area contributed by atoms with Crippen LogP contribution < -0.4 is 10.1 Å². The Bertz CT molecular complexity index is 917. The quantitative estimate of drug-likeness (QED) is 0.848. The number of nitrogens with one attached hydrogen (secondary N) is 1. The third-order valence-corrected chi connectivity index (χ3v) is 5.10. The smallest absolute Gasteiger partial charge is 0.251 e. The van der Waals surface area contributed by atoms with Gasteiger partial charge in [0.05, 0.1) is 0 Å². The molecule has 2 amide bonds. The minimum absolute atomic E-state index is 0.00832. The van der Waals surface area contributed by atoms with Crippen molar-refractivity contribution in [3.8, 4) is 5.75 Å². The first kappa shape index (κ1) is 17.3. The fourth-order valence-electron chi connectivity index (χ4n) is 3.49. The number of aryl methyl sites for hydroxylation is 1. The molecule has 5 heteroatoms. The summed E-state index contributed by atoms with van der Waals surface area (Å²) in [5.74, 6) is 0.570.